The summed E-state index contributed by atoms with van der Waals surface area (Å²) in [6.07, 6.45) is -4.01. The van der Waals surface area contributed by atoms with Crippen LogP contribution in [0.1, 0.15) is 5.56 Å². The van der Waals surface area contributed by atoms with E-state index >= 15 is 0 Å². The molecule has 0 atom stereocenters. The molecule has 0 bridgehead atoms. The molecule has 86 valence electrons. The number of hydrogen-bond acceptors (Lipinski definition) is 4. The number of aromatic nitrogens is 1. The molecule has 1 aromatic heterocycles. The van der Waals surface area contributed by atoms with E-state index in [0.29, 0.717) is 0 Å². The summed E-state index contributed by atoms with van der Waals surface area (Å²) in [5.74, 6) is -0.524. The smallest absolute Gasteiger partial charge is 0.496 e. The van der Waals surface area contributed by atoms with Crippen LogP contribution >= 0.6 is 0 Å². The third-order valence-corrected chi connectivity index (χ3v) is 1.66. The van der Waals surface area contributed by atoms with Crippen LogP contribution in [0.3, 0.4) is 0 Å². The Morgan fingerprint density at radius 2 is 2.19 bits per heavy atom. The lowest BCUT2D eigenvalue weighted by Gasteiger charge is -2.12. The summed E-state index contributed by atoms with van der Waals surface area (Å²) in [4.78, 5) is 3.42. The summed E-state index contributed by atoms with van der Waals surface area (Å²) in [7, 11) is 1.29. The quantitative estimate of drug-likeness (QED) is 0.800. The van der Waals surface area contributed by atoms with Gasteiger partial charge in [0.15, 0.2) is 0 Å². The van der Waals surface area contributed by atoms with Crippen molar-refractivity contribution >= 4 is 0 Å². The molecule has 0 aliphatic carbocycles. The highest BCUT2D eigenvalue weighted by Crippen LogP contribution is 2.30. The van der Waals surface area contributed by atoms with Crippen LogP contribution in [0.2, 0.25) is 0 Å². The second-order valence-electron chi connectivity index (χ2n) is 2.68. The van der Waals surface area contributed by atoms with E-state index in [2.05, 4.69) is 9.72 Å². The maximum atomic E-state index is 12.0. The number of rotatable bonds is 3. The lowest BCUT2D eigenvalue weighted by molar-refractivity contribution is -0.276. The molecule has 1 aromatic rings. The first-order valence-corrected chi connectivity index (χ1v) is 4.12. The number of ether oxygens (including phenoxy) is 2. The van der Waals surface area contributed by atoms with Crippen molar-refractivity contribution in [2.45, 2.75) is 12.8 Å². The topological polar surface area (TPSA) is 55.1 Å². The molecule has 1 heterocycles. The number of pyridine rings is 1. The van der Waals surface area contributed by atoms with Crippen molar-refractivity contribution in [1.29, 1.82) is 5.26 Å². The third kappa shape index (κ3) is 3.02. The van der Waals surface area contributed by atoms with Gasteiger partial charge in [0.25, 0.3) is 0 Å². The van der Waals surface area contributed by atoms with E-state index in [-0.39, 0.29) is 17.7 Å². The molecule has 0 aliphatic rings. The van der Waals surface area contributed by atoms with Gasteiger partial charge in [0.05, 0.1) is 25.2 Å². The second-order valence-corrected chi connectivity index (χ2v) is 2.68. The fraction of sp³-hybridized carbons (Fsp3) is 0.333. The molecule has 0 aliphatic heterocycles. The van der Waals surface area contributed by atoms with Gasteiger partial charge in [0, 0.05) is 6.20 Å². The summed E-state index contributed by atoms with van der Waals surface area (Å²) in [6.45, 7) is 0. The first-order valence-electron chi connectivity index (χ1n) is 4.12. The number of nitrogens with zero attached hydrogens (tertiary/aromatic N) is 2. The molecule has 0 fully saturated rings. The Labute approximate surface area is 89.2 Å². The summed E-state index contributed by atoms with van der Waals surface area (Å²) in [5, 5.41) is 8.49. The minimum Gasteiger partial charge on any atom is -0.496 e. The van der Waals surface area contributed by atoms with Crippen LogP contribution in [0.4, 0.5) is 13.2 Å². The number of alkyl halides is 3. The normalized spacial score (nSPS) is 10.7. The molecule has 0 aromatic carbocycles. The van der Waals surface area contributed by atoms with Crippen molar-refractivity contribution in [2.75, 3.05) is 7.11 Å². The Balaban J connectivity index is 3.12. The van der Waals surface area contributed by atoms with E-state index in [9.17, 15) is 13.2 Å². The van der Waals surface area contributed by atoms with Gasteiger partial charge in [-0.1, -0.05) is 0 Å². The van der Waals surface area contributed by atoms with Crippen LogP contribution in [-0.2, 0) is 6.42 Å². The highest BCUT2D eigenvalue weighted by atomic mass is 19.4. The molecule has 0 radical (unpaired) electrons. The van der Waals surface area contributed by atoms with Gasteiger partial charge in [0.1, 0.15) is 5.75 Å². The molecule has 0 amide bonds. The van der Waals surface area contributed by atoms with Gasteiger partial charge in [-0.05, 0) is 6.07 Å². The fourth-order valence-electron chi connectivity index (χ4n) is 1.09. The Hall–Kier alpha value is -1.97. The molecule has 4 nitrogen and oxygen atoms in total. The van der Waals surface area contributed by atoms with E-state index < -0.39 is 12.2 Å². The van der Waals surface area contributed by atoms with Crippen LogP contribution in [-0.4, -0.2) is 18.5 Å². The Morgan fingerprint density at radius 3 is 2.69 bits per heavy atom. The zero-order chi connectivity index (χ0) is 12.2. The molecule has 0 N–H and O–H groups in total. The molecule has 16 heavy (non-hydrogen) atoms. The Morgan fingerprint density at radius 1 is 1.50 bits per heavy atom. The van der Waals surface area contributed by atoms with Gasteiger partial charge >= 0.3 is 6.36 Å². The molecular formula is C9H7F3N2O2. The van der Waals surface area contributed by atoms with Crippen molar-refractivity contribution in [1.82, 2.24) is 4.98 Å². The largest absolute Gasteiger partial charge is 0.574 e. The summed E-state index contributed by atoms with van der Waals surface area (Å²) in [6, 6.07) is 3.07. The van der Waals surface area contributed by atoms with E-state index in [1.54, 1.807) is 6.07 Å². The number of methoxy groups -OCH3 is 1. The van der Waals surface area contributed by atoms with E-state index in [1.165, 1.54) is 13.2 Å². The van der Waals surface area contributed by atoms with E-state index in [1.807, 2.05) is 0 Å². The first-order chi connectivity index (χ1) is 7.48. The predicted octanol–water partition coefficient (Wildman–Crippen LogP) is 2.05. The van der Waals surface area contributed by atoms with Gasteiger partial charge in [-0.15, -0.1) is 13.2 Å². The number of halogens is 3. The van der Waals surface area contributed by atoms with Crippen molar-refractivity contribution in [3.05, 3.63) is 17.8 Å². The Bertz CT molecular complexity index is 412. The van der Waals surface area contributed by atoms with Crippen molar-refractivity contribution in [2.24, 2.45) is 0 Å². The summed E-state index contributed by atoms with van der Waals surface area (Å²) >= 11 is 0. The number of nitriles is 1. The highest BCUT2D eigenvalue weighted by molar-refractivity contribution is 5.41. The van der Waals surface area contributed by atoms with Gasteiger partial charge in [0.2, 0.25) is 5.88 Å². The van der Waals surface area contributed by atoms with Crippen molar-refractivity contribution < 1.29 is 22.6 Å². The minimum atomic E-state index is -4.84. The van der Waals surface area contributed by atoms with Crippen LogP contribution in [0.25, 0.3) is 0 Å². The van der Waals surface area contributed by atoms with Gasteiger partial charge in [-0.3, -0.25) is 0 Å². The maximum Gasteiger partial charge on any atom is 0.574 e. The van der Waals surface area contributed by atoms with Gasteiger partial charge in [-0.2, -0.15) is 5.26 Å². The molecule has 7 heteroatoms. The lowest BCUT2D eigenvalue weighted by atomic mass is 10.2. The second kappa shape index (κ2) is 4.70. The van der Waals surface area contributed by atoms with Gasteiger partial charge < -0.3 is 9.47 Å². The molecule has 1 rings (SSSR count). The third-order valence-electron chi connectivity index (χ3n) is 1.66. The first kappa shape index (κ1) is 12.1. The minimum absolute atomic E-state index is 0.0233. The average Bonchev–Trinajstić information content (AvgIpc) is 2.18. The van der Waals surface area contributed by atoms with Crippen molar-refractivity contribution in [3.63, 3.8) is 0 Å². The van der Waals surface area contributed by atoms with Crippen molar-refractivity contribution in [3.8, 4) is 17.7 Å². The van der Waals surface area contributed by atoms with Crippen LogP contribution in [0.15, 0.2) is 12.3 Å². The van der Waals surface area contributed by atoms with Crippen LogP contribution in [0.5, 0.6) is 11.6 Å². The lowest BCUT2D eigenvalue weighted by Crippen LogP contribution is -2.19. The average molecular weight is 232 g/mol. The maximum absolute atomic E-state index is 12.0. The zero-order valence-corrected chi connectivity index (χ0v) is 8.21. The summed E-state index contributed by atoms with van der Waals surface area (Å²) < 4.78 is 44.5. The molecule has 0 saturated heterocycles. The number of hydrogen-bond donors (Lipinski definition) is 0. The molecule has 0 unspecified atom stereocenters. The fourth-order valence-corrected chi connectivity index (χ4v) is 1.09. The standard InChI is InChI=1S/C9H7F3N2O2/c1-15-7-3-5-14-8(6(7)2-4-13)16-9(10,11)12/h3,5H,2H2,1H3. The van der Waals surface area contributed by atoms with Gasteiger partial charge in [-0.25, -0.2) is 4.98 Å². The highest BCUT2D eigenvalue weighted by Gasteiger charge is 2.33. The summed E-state index contributed by atoms with van der Waals surface area (Å²) in [5.41, 5.74) is -0.0233. The molecular weight excluding hydrogens is 225 g/mol. The van der Waals surface area contributed by atoms with Crippen LogP contribution < -0.4 is 9.47 Å². The van der Waals surface area contributed by atoms with Crippen LogP contribution in [0, 0.1) is 11.3 Å². The van der Waals surface area contributed by atoms with E-state index in [0.717, 1.165) is 6.20 Å². The molecule has 0 saturated carbocycles. The predicted molar refractivity (Wildman–Crippen MR) is 46.8 cm³/mol. The van der Waals surface area contributed by atoms with E-state index in [4.69, 9.17) is 10.00 Å². The monoisotopic (exact) mass is 232 g/mol. The molecule has 0 spiro atoms. The SMILES string of the molecule is COc1ccnc(OC(F)(F)F)c1CC#N. The Kier molecular flexibility index (Phi) is 3.55. The zero-order valence-electron chi connectivity index (χ0n) is 8.21.